The van der Waals surface area contributed by atoms with Crippen LogP contribution in [0.2, 0.25) is 0 Å². The monoisotopic (exact) mass is 296 g/mol. The number of carbonyl (C=O) groups excluding carboxylic acids is 1. The molecule has 1 amide bonds. The Bertz CT molecular complexity index is 439. The number of nitrogens with zero attached hydrogens (tertiary/aromatic N) is 2. The van der Waals surface area contributed by atoms with E-state index >= 15 is 0 Å². The van der Waals surface area contributed by atoms with Gasteiger partial charge in [-0.1, -0.05) is 13.8 Å². The first-order valence-electron chi connectivity index (χ1n) is 7.41. The molecular formula is C15H24N2O2S. The molecule has 0 aromatic carbocycles. The highest BCUT2D eigenvalue weighted by molar-refractivity contribution is 7.12. The number of β-amino-alcohol motifs (C(OH)–C–C–N with tert-alkyl or cyclic N) is 1. The Hall–Kier alpha value is -0.910. The summed E-state index contributed by atoms with van der Waals surface area (Å²) in [6.07, 6.45) is 1.45. The van der Waals surface area contributed by atoms with E-state index in [1.807, 2.05) is 23.3 Å². The van der Waals surface area contributed by atoms with Crippen LogP contribution in [0.1, 0.15) is 35.5 Å². The molecule has 1 aromatic rings. The maximum absolute atomic E-state index is 12.5. The molecule has 112 valence electrons. The van der Waals surface area contributed by atoms with Crippen molar-refractivity contribution in [2.24, 2.45) is 0 Å². The van der Waals surface area contributed by atoms with E-state index in [1.54, 1.807) is 11.3 Å². The van der Waals surface area contributed by atoms with E-state index in [4.69, 9.17) is 0 Å². The van der Waals surface area contributed by atoms with E-state index < -0.39 is 0 Å². The summed E-state index contributed by atoms with van der Waals surface area (Å²) < 4.78 is 0. The second-order valence-corrected chi connectivity index (χ2v) is 6.20. The van der Waals surface area contributed by atoms with E-state index in [0.29, 0.717) is 0 Å². The Labute approximate surface area is 125 Å². The highest BCUT2D eigenvalue weighted by atomic mass is 32.1. The third-order valence-electron chi connectivity index (χ3n) is 3.92. The van der Waals surface area contributed by atoms with E-state index in [2.05, 4.69) is 11.8 Å². The largest absolute Gasteiger partial charge is 0.392 e. The van der Waals surface area contributed by atoms with Gasteiger partial charge in [0.15, 0.2) is 0 Å². The van der Waals surface area contributed by atoms with Crippen molar-refractivity contribution in [2.45, 2.75) is 32.8 Å². The van der Waals surface area contributed by atoms with Gasteiger partial charge in [0.05, 0.1) is 11.0 Å². The van der Waals surface area contributed by atoms with E-state index in [-0.39, 0.29) is 12.0 Å². The van der Waals surface area contributed by atoms with Gasteiger partial charge in [-0.25, -0.2) is 0 Å². The van der Waals surface area contributed by atoms with Crippen molar-refractivity contribution in [3.05, 3.63) is 21.9 Å². The average molecular weight is 296 g/mol. The van der Waals surface area contributed by atoms with Crippen LogP contribution in [0.25, 0.3) is 0 Å². The highest BCUT2D eigenvalue weighted by Crippen LogP contribution is 2.20. The molecule has 1 aliphatic rings. The maximum Gasteiger partial charge on any atom is 0.264 e. The summed E-state index contributed by atoms with van der Waals surface area (Å²) in [6, 6.07) is 2.05. The van der Waals surface area contributed by atoms with Gasteiger partial charge in [0.1, 0.15) is 0 Å². The summed E-state index contributed by atoms with van der Waals surface area (Å²) in [5, 5.41) is 11.7. The van der Waals surface area contributed by atoms with Crippen molar-refractivity contribution >= 4 is 17.2 Å². The Morgan fingerprint density at radius 2 is 2.05 bits per heavy atom. The molecule has 1 aromatic heterocycles. The lowest BCUT2D eigenvalue weighted by molar-refractivity contribution is 0.0527. The van der Waals surface area contributed by atoms with Gasteiger partial charge in [0.25, 0.3) is 5.91 Å². The molecule has 2 heterocycles. The number of aliphatic hydroxyl groups excluding tert-OH is 1. The van der Waals surface area contributed by atoms with Crippen LogP contribution in [0, 0.1) is 0 Å². The SMILES string of the molecule is CCc1ccsc1C(=O)N1CCN(C[C@H](O)CC)CC1. The molecule has 20 heavy (non-hydrogen) atoms. The molecule has 1 atom stereocenters. The molecule has 1 saturated heterocycles. The van der Waals surface area contributed by atoms with Gasteiger partial charge in [-0.15, -0.1) is 11.3 Å². The van der Waals surface area contributed by atoms with Crippen LogP contribution in [0.4, 0.5) is 0 Å². The van der Waals surface area contributed by atoms with Crippen molar-refractivity contribution < 1.29 is 9.90 Å². The first-order valence-corrected chi connectivity index (χ1v) is 8.29. The lowest BCUT2D eigenvalue weighted by atomic mass is 10.2. The quantitative estimate of drug-likeness (QED) is 0.901. The smallest absolute Gasteiger partial charge is 0.264 e. The molecule has 0 radical (unpaired) electrons. The minimum atomic E-state index is -0.249. The summed E-state index contributed by atoms with van der Waals surface area (Å²) in [4.78, 5) is 17.6. The number of hydrogen-bond donors (Lipinski definition) is 1. The number of aryl methyl sites for hydroxylation is 1. The number of aliphatic hydroxyl groups is 1. The molecule has 5 heteroatoms. The molecule has 1 aliphatic heterocycles. The number of piperazine rings is 1. The Kier molecular flexibility index (Phi) is 5.57. The summed E-state index contributed by atoms with van der Waals surface area (Å²) in [5.41, 5.74) is 1.16. The topological polar surface area (TPSA) is 43.8 Å². The number of rotatable bonds is 5. The molecule has 0 saturated carbocycles. The van der Waals surface area contributed by atoms with E-state index in [0.717, 1.165) is 56.0 Å². The first kappa shape index (κ1) is 15.5. The average Bonchev–Trinajstić information content (AvgIpc) is 2.95. The van der Waals surface area contributed by atoms with Crippen LogP contribution in [-0.2, 0) is 6.42 Å². The Balaban J connectivity index is 1.89. The molecule has 1 N–H and O–H groups in total. The zero-order chi connectivity index (χ0) is 14.5. The minimum absolute atomic E-state index is 0.174. The number of hydrogen-bond acceptors (Lipinski definition) is 4. The standard InChI is InChI=1S/C15H24N2O2S/c1-3-12-5-10-20-14(12)15(19)17-8-6-16(7-9-17)11-13(18)4-2/h5,10,13,18H,3-4,6-9,11H2,1-2H3/t13-/m1/s1. The molecule has 0 unspecified atom stereocenters. The van der Waals surface area contributed by atoms with Crippen LogP contribution in [-0.4, -0.2) is 59.6 Å². The van der Waals surface area contributed by atoms with Gasteiger partial charge in [-0.05, 0) is 29.9 Å². The number of amides is 1. The molecule has 4 nitrogen and oxygen atoms in total. The Morgan fingerprint density at radius 1 is 1.35 bits per heavy atom. The predicted molar refractivity (Wildman–Crippen MR) is 82.3 cm³/mol. The molecule has 0 bridgehead atoms. The van der Waals surface area contributed by atoms with Crippen LogP contribution < -0.4 is 0 Å². The van der Waals surface area contributed by atoms with Gasteiger partial charge < -0.3 is 10.0 Å². The van der Waals surface area contributed by atoms with Crippen molar-refractivity contribution in [3.63, 3.8) is 0 Å². The Morgan fingerprint density at radius 3 is 2.65 bits per heavy atom. The summed E-state index contributed by atoms with van der Waals surface area (Å²) in [7, 11) is 0. The summed E-state index contributed by atoms with van der Waals surface area (Å²) in [5.74, 6) is 0.174. The molecule has 2 rings (SSSR count). The fourth-order valence-electron chi connectivity index (χ4n) is 2.51. The van der Waals surface area contributed by atoms with Gasteiger partial charge in [-0.2, -0.15) is 0 Å². The minimum Gasteiger partial charge on any atom is -0.392 e. The maximum atomic E-state index is 12.5. The van der Waals surface area contributed by atoms with Crippen molar-refractivity contribution in [1.29, 1.82) is 0 Å². The van der Waals surface area contributed by atoms with Crippen LogP contribution in [0.3, 0.4) is 0 Å². The number of carbonyl (C=O) groups is 1. The third-order valence-corrected chi connectivity index (χ3v) is 4.87. The lowest BCUT2D eigenvalue weighted by Gasteiger charge is -2.35. The van der Waals surface area contributed by atoms with Crippen molar-refractivity contribution in [1.82, 2.24) is 9.80 Å². The van der Waals surface area contributed by atoms with Crippen molar-refractivity contribution in [2.75, 3.05) is 32.7 Å². The second-order valence-electron chi connectivity index (χ2n) is 5.28. The zero-order valence-corrected chi connectivity index (χ0v) is 13.2. The fourth-order valence-corrected chi connectivity index (χ4v) is 3.47. The highest BCUT2D eigenvalue weighted by Gasteiger charge is 2.24. The molecule has 0 aliphatic carbocycles. The summed E-state index contributed by atoms with van der Waals surface area (Å²) >= 11 is 1.55. The van der Waals surface area contributed by atoms with Gasteiger partial charge >= 0.3 is 0 Å². The van der Waals surface area contributed by atoms with E-state index in [1.165, 1.54) is 0 Å². The lowest BCUT2D eigenvalue weighted by Crippen LogP contribution is -2.50. The molecule has 1 fully saturated rings. The number of thiophene rings is 1. The van der Waals surface area contributed by atoms with Crippen LogP contribution >= 0.6 is 11.3 Å². The molecule has 0 spiro atoms. The van der Waals surface area contributed by atoms with Gasteiger partial charge in [0.2, 0.25) is 0 Å². The predicted octanol–water partition coefficient (Wildman–Crippen LogP) is 1.84. The van der Waals surface area contributed by atoms with Crippen LogP contribution in [0.15, 0.2) is 11.4 Å². The summed E-state index contributed by atoms with van der Waals surface area (Å²) in [6.45, 7) is 8.03. The zero-order valence-electron chi connectivity index (χ0n) is 12.3. The van der Waals surface area contributed by atoms with Gasteiger partial charge in [-0.3, -0.25) is 9.69 Å². The second kappa shape index (κ2) is 7.20. The van der Waals surface area contributed by atoms with E-state index in [9.17, 15) is 9.90 Å². The first-order chi connectivity index (χ1) is 9.65. The molecular weight excluding hydrogens is 272 g/mol. The normalized spacial score (nSPS) is 18.2. The van der Waals surface area contributed by atoms with Crippen molar-refractivity contribution in [3.8, 4) is 0 Å². The van der Waals surface area contributed by atoms with Gasteiger partial charge in [0, 0.05) is 32.7 Å². The van der Waals surface area contributed by atoms with Crippen LogP contribution in [0.5, 0.6) is 0 Å². The third kappa shape index (κ3) is 3.59. The fraction of sp³-hybridized carbons (Fsp3) is 0.667.